The Kier molecular flexibility index (Phi) is 8.31. The minimum Gasteiger partial charge on any atom is -0.497 e. The van der Waals surface area contributed by atoms with Gasteiger partial charge >= 0.3 is 0 Å². The predicted octanol–water partition coefficient (Wildman–Crippen LogP) is 4.74. The maximum atomic E-state index is 12.5. The number of methoxy groups -OCH3 is 1. The summed E-state index contributed by atoms with van der Waals surface area (Å²) in [6, 6.07) is 12.8. The van der Waals surface area contributed by atoms with Crippen LogP contribution in [0.4, 0.5) is 5.69 Å². The largest absolute Gasteiger partial charge is 0.497 e. The molecule has 1 saturated heterocycles. The number of rotatable bonds is 10. The third kappa shape index (κ3) is 6.43. The smallest absolute Gasteiger partial charge is 0.234 e. The SMILES string of the molecule is COc1ccc(NC(=O)CSc2nnc(COc3cc(C)ccc3Cl)n2CC2CCCO2)cc1. The highest BCUT2D eigenvalue weighted by atomic mass is 35.5. The molecule has 3 aromatic rings. The van der Waals surface area contributed by atoms with Crippen LogP contribution in [0.2, 0.25) is 5.02 Å². The molecule has 0 radical (unpaired) electrons. The van der Waals surface area contributed by atoms with E-state index in [1.54, 1.807) is 31.4 Å². The summed E-state index contributed by atoms with van der Waals surface area (Å²) in [5, 5.41) is 12.7. The Morgan fingerprint density at radius 1 is 1.26 bits per heavy atom. The van der Waals surface area contributed by atoms with Crippen LogP contribution in [-0.4, -0.2) is 46.2 Å². The van der Waals surface area contributed by atoms with Gasteiger partial charge in [0.15, 0.2) is 11.0 Å². The highest BCUT2D eigenvalue weighted by Gasteiger charge is 2.22. The first kappa shape index (κ1) is 24.4. The maximum absolute atomic E-state index is 12.5. The first-order chi connectivity index (χ1) is 16.5. The van der Waals surface area contributed by atoms with Crippen molar-refractivity contribution in [3.8, 4) is 11.5 Å². The lowest BCUT2D eigenvalue weighted by Crippen LogP contribution is -2.19. The summed E-state index contributed by atoms with van der Waals surface area (Å²) >= 11 is 7.60. The Labute approximate surface area is 207 Å². The molecule has 4 rings (SSSR count). The van der Waals surface area contributed by atoms with Crippen molar-refractivity contribution in [2.45, 2.75) is 44.2 Å². The van der Waals surface area contributed by atoms with Crippen molar-refractivity contribution in [2.75, 3.05) is 24.8 Å². The van der Waals surface area contributed by atoms with Crippen molar-refractivity contribution in [3.63, 3.8) is 0 Å². The zero-order valence-electron chi connectivity index (χ0n) is 19.1. The van der Waals surface area contributed by atoms with Gasteiger partial charge in [0.1, 0.15) is 18.1 Å². The molecular formula is C24H27ClN4O4S. The number of nitrogens with one attached hydrogen (secondary N) is 1. The van der Waals surface area contributed by atoms with Gasteiger partial charge in [-0.25, -0.2) is 0 Å². The van der Waals surface area contributed by atoms with Crippen LogP contribution in [-0.2, 0) is 22.7 Å². The molecule has 1 N–H and O–H groups in total. The molecule has 180 valence electrons. The molecule has 1 aromatic heterocycles. The van der Waals surface area contributed by atoms with Crippen molar-refractivity contribution in [2.24, 2.45) is 0 Å². The molecule has 1 aliphatic rings. The van der Waals surface area contributed by atoms with E-state index in [4.69, 9.17) is 25.8 Å². The van der Waals surface area contributed by atoms with Gasteiger partial charge in [0, 0.05) is 12.3 Å². The minimum atomic E-state index is -0.133. The number of aromatic nitrogens is 3. The molecule has 0 aliphatic carbocycles. The van der Waals surface area contributed by atoms with Gasteiger partial charge in [-0.05, 0) is 61.7 Å². The number of hydrogen-bond acceptors (Lipinski definition) is 7. The molecule has 10 heteroatoms. The average Bonchev–Trinajstić information content (AvgIpc) is 3.49. The number of thioether (sulfide) groups is 1. The van der Waals surface area contributed by atoms with Gasteiger partial charge in [0.05, 0.1) is 30.5 Å². The average molecular weight is 503 g/mol. The summed E-state index contributed by atoms with van der Waals surface area (Å²) in [6.45, 7) is 3.55. The van der Waals surface area contributed by atoms with Crippen LogP contribution in [0, 0.1) is 6.92 Å². The van der Waals surface area contributed by atoms with Crippen molar-refractivity contribution in [1.82, 2.24) is 14.8 Å². The van der Waals surface area contributed by atoms with Crippen LogP contribution >= 0.6 is 23.4 Å². The summed E-state index contributed by atoms with van der Waals surface area (Å²) in [5.74, 6) is 2.05. The number of halogens is 1. The Bertz CT molecular complexity index is 1120. The highest BCUT2D eigenvalue weighted by Crippen LogP contribution is 2.27. The lowest BCUT2D eigenvalue weighted by molar-refractivity contribution is -0.113. The van der Waals surface area contributed by atoms with Crippen molar-refractivity contribution in [1.29, 1.82) is 0 Å². The van der Waals surface area contributed by atoms with Crippen molar-refractivity contribution >= 4 is 35.0 Å². The summed E-state index contributed by atoms with van der Waals surface area (Å²) in [5.41, 5.74) is 1.76. The molecule has 0 saturated carbocycles. The van der Waals surface area contributed by atoms with Gasteiger partial charge < -0.3 is 24.1 Å². The third-order valence-electron chi connectivity index (χ3n) is 5.35. The molecule has 2 aromatic carbocycles. The number of aryl methyl sites for hydroxylation is 1. The van der Waals surface area contributed by atoms with Crippen LogP contribution in [0.15, 0.2) is 47.6 Å². The van der Waals surface area contributed by atoms with Gasteiger partial charge in [-0.1, -0.05) is 29.4 Å². The zero-order valence-corrected chi connectivity index (χ0v) is 20.7. The van der Waals surface area contributed by atoms with E-state index in [1.165, 1.54) is 11.8 Å². The summed E-state index contributed by atoms with van der Waals surface area (Å²) in [6.07, 6.45) is 2.10. The number of hydrogen-bond donors (Lipinski definition) is 1. The fourth-order valence-electron chi connectivity index (χ4n) is 3.57. The predicted molar refractivity (Wildman–Crippen MR) is 132 cm³/mol. The molecular weight excluding hydrogens is 476 g/mol. The van der Waals surface area contributed by atoms with Gasteiger partial charge in [-0.15, -0.1) is 10.2 Å². The molecule has 34 heavy (non-hydrogen) atoms. The number of anilines is 1. The van der Waals surface area contributed by atoms with Crippen LogP contribution < -0.4 is 14.8 Å². The van der Waals surface area contributed by atoms with E-state index in [0.29, 0.717) is 34.0 Å². The van der Waals surface area contributed by atoms with E-state index >= 15 is 0 Å². The normalized spacial score (nSPS) is 15.3. The molecule has 1 atom stereocenters. The lowest BCUT2D eigenvalue weighted by Gasteiger charge is -2.15. The highest BCUT2D eigenvalue weighted by molar-refractivity contribution is 7.99. The molecule has 2 heterocycles. The number of nitrogens with zero attached hydrogens (tertiary/aromatic N) is 3. The minimum absolute atomic E-state index is 0.0878. The van der Waals surface area contributed by atoms with Crippen molar-refractivity contribution in [3.05, 3.63) is 58.9 Å². The number of carbonyl (C=O) groups is 1. The quantitative estimate of drug-likeness (QED) is 0.401. The van der Waals surface area contributed by atoms with Crippen molar-refractivity contribution < 1.29 is 19.0 Å². The third-order valence-corrected chi connectivity index (χ3v) is 6.63. The lowest BCUT2D eigenvalue weighted by atomic mass is 10.2. The standard InChI is InChI=1S/C24H27ClN4O4S/c1-16-5-10-20(25)21(12-16)33-14-22-27-28-24(29(22)13-19-4-3-11-32-19)34-15-23(30)26-17-6-8-18(31-2)9-7-17/h5-10,12,19H,3-4,11,13-15H2,1-2H3,(H,26,30). The monoisotopic (exact) mass is 502 g/mol. The second-order valence-corrected chi connectivity index (χ2v) is 9.28. The topological polar surface area (TPSA) is 87.5 Å². The Hall–Kier alpha value is -2.75. The van der Waals surface area contributed by atoms with E-state index in [0.717, 1.165) is 30.8 Å². The molecule has 0 bridgehead atoms. The number of benzene rings is 2. The van der Waals surface area contributed by atoms with E-state index in [9.17, 15) is 4.79 Å². The second kappa shape index (κ2) is 11.6. The fraction of sp³-hybridized carbons (Fsp3) is 0.375. The number of amides is 1. The summed E-state index contributed by atoms with van der Waals surface area (Å²) in [7, 11) is 1.60. The molecule has 8 nitrogen and oxygen atoms in total. The molecule has 1 fully saturated rings. The Morgan fingerprint density at radius 3 is 2.82 bits per heavy atom. The van der Waals surface area contributed by atoms with Gasteiger partial charge in [-0.2, -0.15) is 0 Å². The molecule has 1 amide bonds. The van der Waals surface area contributed by atoms with Gasteiger partial charge in [0.2, 0.25) is 5.91 Å². The zero-order chi connectivity index (χ0) is 23.9. The second-order valence-electron chi connectivity index (χ2n) is 7.93. The van der Waals surface area contributed by atoms with E-state index in [1.807, 2.05) is 29.7 Å². The summed E-state index contributed by atoms with van der Waals surface area (Å²) in [4.78, 5) is 12.5. The fourth-order valence-corrected chi connectivity index (χ4v) is 4.51. The van der Waals surface area contributed by atoms with Crippen LogP contribution in [0.3, 0.4) is 0 Å². The van der Waals surface area contributed by atoms with Gasteiger partial charge in [-0.3, -0.25) is 4.79 Å². The van der Waals surface area contributed by atoms with E-state index in [2.05, 4.69) is 15.5 Å². The van der Waals surface area contributed by atoms with E-state index in [-0.39, 0.29) is 24.4 Å². The summed E-state index contributed by atoms with van der Waals surface area (Å²) < 4.78 is 18.9. The Morgan fingerprint density at radius 2 is 2.09 bits per heavy atom. The Balaban J connectivity index is 1.42. The maximum Gasteiger partial charge on any atom is 0.234 e. The molecule has 0 spiro atoms. The first-order valence-corrected chi connectivity index (χ1v) is 12.4. The van der Waals surface area contributed by atoms with Crippen LogP contribution in [0.1, 0.15) is 24.2 Å². The van der Waals surface area contributed by atoms with Gasteiger partial charge in [0.25, 0.3) is 0 Å². The van der Waals surface area contributed by atoms with Crippen LogP contribution in [0.25, 0.3) is 0 Å². The van der Waals surface area contributed by atoms with E-state index < -0.39 is 0 Å². The van der Waals surface area contributed by atoms with Crippen LogP contribution in [0.5, 0.6) is 11.5 Å². The first-order valence-electron chi connectivity index (χ1n) is 11.0. The molecule has 1 unspecified atom stereocenters. The number of ether oxygens (including phenoxy) is 3. The number of carbonyl (C=O) groups excluding carboxylic acids is 1. The molecule has 1 aliphatic heterocycles.